The van der Waals surface area contributed by atoms with Gasteiger partial charge in [0.15, 0.2) is 5.75 Å². The minimum Gasteiger partial charge on any atom is -0.500 e. The SMILES string of the molecule is COc1cc(/C=C(/C#N)C(=O)Nc2ccccc2Br)cc([N+](=O)[O-])c1O. The number of amides is 1. The highest BCUT2D eigenvalue weighted by Gasteiger charge is 2.20. The van der Waals surface area contributed by atoms with Crippen molar-refractivity contribution >= 4 is 39.3 Å². The lowest BCUT2D eigenvalue weighted by Gasteiger charge is -2.07. The lowest BCUT2D eigenvalue weighted by molar-refractivity contribution is -0.386. The molecule has 2 rings (SSSR count). The molecule has 0 saturated carbocycles. The standard InChI is InChI=1S/C17H12BrN3O5/c1-26-15-8-10(7-14(16(15)22)21(24)25)6-11(9-19)17(23)20-13-5-3-2-4-12(13)18/h2-8,22H,1H3,(H,20,23)/b11-6-. The van der Waals surface area contributed by atoms with E-state index in [1.807, 2.05) is 0 Å². The summed E-state index contributed by atoms with van der Waals surface area (Å²) < 4.78 is 5.52. The van der Waals surface area contributed by atoms with Crippen molar-refractivity contribution in [2.24, 2.45) is 0 Å². The van der Waals surface area contributed by atoms with Gasteiger partial charge in [0, 0.05) is 10.5 Å². The van der Waals surface area contributed by atoms with Crippen LogP contribution in [0.1, 0.15) is 5.56 Å². The smallest absolute Gasteiger partial charge is 0.315 e. The van der Waals surface area contributed by atoms with Gasteiger partial charge in [-0.05, 0) is 45.8 Å². The van der Waals surface area contributed by atoms with Crippen molar-refractivity contribution in [1.29, 1.82) is 5.26 Å². The third kappa shape index (κ3) is 4.17. The van der Waals surface area contributed by atoms with Gasteiger partial charge in [-0.25, -0.2) is 0 Å². The van der Waals surface area contributed by atoms with Gasteiger partial charge in [0.2, 0.25) is 5.75 Å². The number of phenolic OH excluding ortho intramolecular Hbond substituents is 1. The molecule has 9 heteroatoms. The molecule has 2 aromatic rings. The van der Waals surface area contributed by atoms with Gasteiger partial charge in [-0.15, -0.1) is 0 Å². The lowest BCUT2D eigenvalue weighted by atomic mass is 10.1. The number of carbonyl (C=O) groups is 1. The van der Waals surface area contributed by atoms with Crippen LogP contribution in [0.25, 0.3) is 6.08 Å². The molecule has 0 aliphatic carbocycles. The number of nitro groups is 1. The van der Waals surface area contributed by atoms with Gasteiger partial charge in [-0.1, -0.05) is 12.1 Å². The Bertz CT molecular complexity index is 950. The zero-order valence-corrected chi connectivity index (χ0v) is 15.0. The Hall–Kier alpha value is -3.38. The predicted molar refractivity (Wildman–Crippen MR) is 97.7 cm³/mol. The van der Waals surface area contributed by atoms with Gasteiger partial charge in [0.1, 0.15) is 11.6 Å². The van der Waals surface area contributed by atoms with Gasteiger partial charge in [-0.3, -0.25) is 14.9 Å². The Morgan fingerprint density at radius 1 is 1.42 bits per heavy atom. The van der Waals surface area contributed by atoms with Crippen LogP contribution in [0.4, 0.5) is 11.4 Å². The molecule has 0 heterocycles. The minimum absolute atomic E-state index is 0.144. The van der Waals surface area contributed by atoms with E-state index in [1.54, 1.807) is 30.3 Å². The average molecular weight is 418 g/mol. The van der Waals surface area contributed by atoms with Gasteiger partial charge < -0.3 is 15.2 Å². The van der Waals surface area contributed by atoms with Crippen LogP contribution >= 0.6 is 15.9 Å². The predicted octanol–water partition coefficient (Wildman–Crippen LogP) is 3.62. The van der Waals surface area contributed by atoms with E-state index in [1.165, 1.54) is 19.3 Å². The van der Waals surface area contributed by atoms with E-state index in [0.717, 1.165) is 6.07 Å². The second-order valence-electron chi connectivity index (χ2n) is 4.95. The first-order valence-corrected chi connectivity index (χ1v) is 7.89. The number of nitro benzene ring substituents is 1. The maximum Gasteiger partial charge on any atom is 0.315 e. The molecule has 0 radical (unpaired) electrons. The maximum atomic E-state index is 12.3. The first kappa shape index (κ1) is 19.0. The number of para-hydroxylation sites is 1. The van der Waals surface area contributed by atoms with E-state index in [9.17, 15) is 25.3 Å². The average Bonchev–Trinajstić information content (AvgIpc) is 2.62. The fraction of sp³-hybridized carbons (Fsp3) is 0.0588. The van der Waals surface area contributed by atoms with Crippen molar-refractivity contribution in [2.45, 2.75) is 0 Å². The van der Waals surface area contributed by atoms with E-state index in [4.69, 9.17) is 4.74 Å². The Morgan fingerprint density at radius 3 is 2.69 bits per heavy atom. The third-order valence-corrected chi connectivity index (χ3v) is 3.98. The molecule has 0 bridgehead atoms. The number of rotatable bonds is 5. The molecule has 0 unspecified atom stereocenters. The first-order chi connectivity index (χ1) is 12.4. The molecule has 0 saturated heterocycles. The fourth-order valence-electron chi connectivity index (χ4n) is 2.06. The molecule has 0 aliphatic rings. The van der Waals surface area contributed by atoms with E-state index < -0.39 is 22.3 Å². The van der Waals surface area contributed by atoms with Crippen molar-refractivity contribution in [3.63, 3.8) is 0 Å². The molecule has 0 spiro atoms. The number of methoxy groups -OCH3 is 1. The van der Waals surface area contributed by atoms with Crippen molar-refractivity contribution in [1.82, 2.24) is 0 Å². The quantitative estimate of drug-likeness (QED) is 0.331. The summed E-state index contributed by atoms with van der Waals surface area (Å²) in [4.78, 5) is 22.5. The highest BCUT2D eigenvalue weighted by atomic mass is 79.9. The number of carbonyl (C=O) groups excluding carboxylic acids is 1. The van der Waals surface area contributed by atoms with Crippen LogP contribution in [0.2, 0.25) is 0 Å². The number of aromatic hydroxyl groups is 1. The van der Waals surface area contributed by atoms with Crippen LogP contribution in [0, 0.1) is 21.4 Å². The summed E-state index contributed by atoms with van der Waals surface area (Å²) in [6, 6.07) is 10.9. The molecule has 0 aromatic heterocycles. The van der Waals surface area contributed by atoms with Gasteiger partial charge in [0.05, 0.1) is 17.7 Å². The molecule has 132 valence electrons. The summed E-state index contributed by atoms with van der Waals surface area (Å²) in [5, 5.41) is 32.6. The van der Waals surface area contributed by atoms with Gasteiger partial charge >= 0.3 is 5.69 Å². The number of halogens is 1. The van der Waals surface area contributed by atoms with Crippen LogP contribution in [0.5, 0.6) is 11.5 Å². The van der Waals surface area contributed by atoms with Gasteiger partial charge in [0.25, 0.3) is 5.91 Å². The number of nitrogens with zero attached hydrogens (tertiary/aromatic N) is 2. The molecule has 0 aliphatic heterocycles. The minimum atomic E-state index is -0.789. The third-order valence-electron chi connectivity index (χ3n) is 3.29. The van der Waals surface area contributed by atoms with Gasteiger partial charge in [-0.2, -0.15) is 5.26 Å². The molecular formula is C17H12BrN3O5. The molecule has 2 N–H and O–H groups in total. The van der Waals surface area contributed by atoms with E-state index >= 15 is 0 Å². The molecular weight excluding hydrogens is 406 g/mol. The number of nitrogens with one attached hydrogen (secondary N) is 1. The highest BCUT2D eigenvalue weighted by molar-refractivity contribution is 9.10. The number of phenols is 1. The second-order valence-corrected chi connectivity index (χ2v) is 5.81. The molecule has 1 amide bonds. The van der Waals surface area contributed by atoms with Crippen molar-refractivity contribution in [3.05, 3.63) is 62.1 Å². The summed E-state index contributed by atoms with van der Waals surface area (Å²) in [5.41, 5.74) is -0.250. The largest absolute Gasteiger partial charge is 0.500 e. The fourth-order valence-corrected chi connectivity index (χ4v) is 2.44. The molecule has 2 aromatic carbocycles. The number of ether oxygens (including phenoxy) is 1. The molecule has 8 nitrogen and oxygen atoms in total. The van der Waals surface area contributed by atoms with Crippen molar-refractivity contribution in [2.75, 3.05) is 12.4 Å². The molecule has 0 fully saturated rings. The van der Waals surface area contributed by atoms with Crippen LogP contribution < -0.4 is 10.1 Å². The topological polar surface area (TPSA) is 125 Å². The summed E-state index contributed by atoms with van der Waals surface area (Å²) >= 11 is 3.28. The summed E-state index contributed by atoms with van der Waals surface area (Å²) in [7, 11) is 1.23. The monoisotopic (exact) mass is 417 g/mol. The number of benzene rings is 2. The van der Waals surface area contributed by atoms with Crippen LogP contribution in [0.3, 0.4) is 0 Å². The van der Waals surface area contributed by atoms with Crippen LogP contribution in [-0.2, 0) is 4.79 Å². The summed E-state index contributed by atoms with van der Waals surface area (Å²) in [5.74, 6) is -1.46. The molecule has 0 atom stereocenters. The van der Waals surface area contributed by atoms with E-state index in [2.05, 4.69) is 21.2 Å². The normalized spacial score (nSPS) is 10.7. The highest BCUT2D eigenvalue weighted by Crippen LogP contribution is 2.37. The number of nitriles is 1. The molecule has 26 heavy (non-hydrogen) atoms. The number of hydrogen-bond donors (Lipinski definition) is 2. The number of hydrogen-bond acceptors (Lipinski definition) is 6. The zero-order valence-electron chi connectivity index (χ0n) is 13.4. The summed E-state index contributed by atoms with van der Waals surface area (Å²) in [6.45, 7) is 0. The van der Waals surface area contributed by atoms with E-state index in [0.29, 0.717) is 10.2 Å². The lowest BCUT2D eigenvalue weighted by Crippen LogP contribution is -2.13. The summed E-state index contributed by atoms with van der Waals surface area (Å²) in [6.07, 6.45) is 1.17. The van der Waals surface area contributed by atoms with Crippen LogP contribution in [-0.4, -0.2) is 23.0 Å². The van der Waals surface area contributed by atoms with Crippen LogP contribution in [0.15, 0.2) is 46.4 Å². The van der Waals surface area contributed by atoms with E-state index in [-0.39, 0.29) is 16.9 Å². The Morgan fingerprint density at radius 2 is 2.12 bits per heavy atom. The van der Waals surface area contributed by atoms with Crippen molar-refractivity contribution in [3.8, 4) is 17.6 Å². The Balaban J connectivity index is 2.41. The number of anilines is 1. The van der Waals surface area contributed by atoms with Crippen molar-refractivity contribution < 1.29 is 19.6 Å². The Labute approximate surface area is 156 Å². The zero-order chi connectivity index (χ0) is 19.3. The Kier molecular flexibility index (Phi) is 5.93. The maximum absolute atomic E-state index is 12.3. The first-order valence-electron chi connectivity index (χ1n) is 7.10. The second kappa shape index (κ2) is 8.13.